The minimum atomic E-state index is -0.161. The summed E-state index contributed by atoms with van der Waals surface area (Å²) < 4.78 is 10.5. The van der Waals surface area contributed by atoms with Crippen molar-refractivity contribution in [2.24, 2.45) is 0 Å². The van der Waals surface area contributed by atoms with Gasteiger partial charge >= 0.3 is 0 Å². The highest BCUT2D eigenvalue weighted by atomic mass is 16.5. The number of hydrogen-bond donors (Lipinski definition) is 1. The predicted octanol–water partition coefficient (Wildman–Crippen LogP) is 2.71. The van der Waals surface area contributed by atoms with Crippen LogP contribution in [0.25, 0.3) is 11.4 Å². The average Bonchev–Trinajstić information content (AvgIpc) is 3.09. The molecular formula is C17H16N4O3. The van der Waals surface area contributed by atoms with Crippen molar-refractivity contribution >= 4 is 11.7 Å². The Balaban J connectivity index is 1.61. The number of para-hydroxylation sites is 1. The summed E-state index contributed by atoms with van der Waals surface area (Å²) in [6.07, 6.45) is 2.19. The lowest BCUT2D eigenvalue weighted by molar-refractivity contribution is -0.116. The number of carbonyl (C=O) groups excluding carboxylic acids is 1. The van der Waals surface area contributed by atoms with E-state index in [1.165, 1.54) is 0 Å². The smallest absolute Gasteiger partial charge is 0.227 e. The number of nitrogens with zero attached hydrogens (tertiary/aromatic N) is 3. The van der Waals surface area contributed by atoms with Gasteiger partial charge in [-0.05, 0) is 24.3 Å². The van der Waals surface area contributed by atoms with E-state index >= 15 is 0 Å². The lowest BCUT2D eigenvalue weighted by Crippen LogP contribution is -2.13. The molecule has 24 heavy (non-hydrogen) atoms. The van der Waals surface area contributed by atoms with Crippen molar-refractivity contribution in [2.75, 3.05) is 12.4 Å². The number of pyridine rings is 1. The van der Waals surface area contributed by atoms with Crippen LogP contribution in [-0.4, -0.2) is 28.1 Å². The number of rotatable bonds is 6. The molecule has 1 aromatic carbocycles. The Hall–Kier alpha value is -3.22. The normalized spacial score (nSPS) is 10.4. The molecule has 0 saturated carbocycles. The highest BCUT2D eigenvalue weighted by molar-refractivity contribution is 5.89. The molecule has 0 atom stereocenters. The SMILES string of the molecule is COc1ccccc1-c1noc(CCC(=O)Nc2ccccn2)n1. The second-order valence-electron chi connectivity index (χ2n) is 4.98. The second-order valence-corrected chi connectivity index (χ2v) is 4.98. The maximum Gasteiger partial charge on any atom is 0.227 e. The zero-order valence-electron chi connectivity index (χ0n) is 13.1. The van der Waals surface area contributed by atoms with Crippen molar-refractivity contribution in [3.05, 3.63) is 54.6 Å². The zero-order valence-corrected chi connectivity index (χ0v) is 13.1. The Bertz CT molecular complexity index is 817. The van der Waals surface area contributed by atoms with Gasteiger partial charge < -0.3 is 14.6 Å². The molecule has 0 saturated heterocycles. The van der Waals surface area contributed by atoms with Crippen LogP contribution in [0.15, 0.2) is 53.2 Å². The van der Waals surface area contributed by atoms with E-state index in [9.17, 15) is 4.79 Å². The molecular weight excluding hydrogens is 308 g/mol. The minimum absolute atomic E-state index is 0.161. The van der Waals surface area contributed by atoms with Crippen LogP contribution in [0.5, 0.6) is 5.75 Å². The van der Waals surface area contributed by atoms with Gasteiger partial charge in [-0.15, -0.1) is 0 Å². The Morgan fingerprint density at radius 3 is 2.83 bits per heavy atom. The minimum Gasteiger partial charge on any atom is -0.496 e. The molecule has 7 heteroatoms. The summed E-state index contributed by atoms with van der Waals surface area (Å²) in [6.45, 7) is 0. The van der Waals surface area contributed by atoms with Gasteiger partial charge in [0.05, 0.1) is 12.7 Å². The summed E-state index contributed by atoms with van der Waals surface area (Å²) in [5.74, 6) is 1.85. The molecule has 7 nitrogen and oxygen atoms in total. The van der Waals surface area contributed by atoms with Crippen LogP contribution in [0.4, 0.5) is 5.82 Å². The number of aryl methyl sites for hydroxylation is 1. The predicted molar refractivity (Wildman–Crippen MR) is 87.5 cm³/mol. The van der Waals surface area contributed by atoms with Gasteiger partial charge in [0.1, 0.15) is 11.6 Å². The fourth-order valence-corrected chi connectivity index (χ4v) is 2.16. The van der Waals surface area contributed by atoms with Gasteiger partial charge in [0, 0.05) is 19.0 Å². The van der Waals surface area contributed by atoms with Crippen molar-refractivity contribution in [3.8, 4) is 17.1 Å². The second kappa shape index (κ2) is 7.36. The summed E-state index contributed by atoms with van der Waals surface area (Å²) in [7, 11) is 1.59. The van der Waals surface area contributed by atoms with Gasteiger partial charge in [-0.2, -0.15) is 4.98 Å². The highest BCUT2D eigenvalue weighted by Crippen LogP contribution is 2.27. The summed E-state index contributed by atoms with van der Waals surface area (Å²) in [5, 5.41) is 6.66. The van der Waals surface area contributed by atoms with Crippen LogP contribution < -0.4 is 10.1 Å². The number of anilines is 1. The zero-order chi connectivity index (χ0) is 16.8. The third-order valence-electron chi connectivity index (χ3n) is 3.31. The third kappa shape index (κ3) is 3.75. The Morgan fingerprint density at radius 1 is 1.21 bits per heavy atom. The summed E-state index contributed by atoms with van der Waals surface area (Å²) in [4.78, 5) is 20.3. The number of nitrogens with one attached hydrogen (secondary N) is 1. The van der Waals surface area contributed by atoms with E-state index in [-0.39, 0.29) is 12.3 Å². The van der Waals surface area contributed by atoms with E-state index in [0.717, 1.165) is 5.56 Å². The van der Waals surface area contributed by atoms with Crippen LogP contribution in [0, 0.1) is 0 Å². The first-order valence-corrected chi connectivity index (χ1v) is 7.43. The van der Waals surface area contributed by atoms with Crippen molar-refractivity contribution in [2.45, 2.75) is 12.8 Å². The number of carbonyl (C=O) groups is 1. The lowest BCUT2D eigenvalue weighted by atomic mass is 10.2. The van der Waals surface area contributed by atoms with E-state index in [2.05, 4.69) is 20.4 Å². The van der Waals surface area contributed by atoms with Gasteiger partial charge in [0.2, 0.25) is 17.6 Å². The van der Waals surface area contributed by atoms with Gasteiger partial charge in [-0.25, -0.2) is 4.98 Å². The molecule has 122 valence electrons. The quantitative estimate of drug-likeness (QED) is 0.750. The van der Waals surface area contributed by atoms with Crippen LogP contribution >= 0.6 is 0 Å². The third-order valence-corrected chi connectivity index (χ3v) is 3.31. The number of aromatic nitrogens is 3. The molecule has 2 aromatic heterocycles. The molecule has 0 unspecified atom stereocenters. The summed E-state index contributed by atoms with van der Waals surface area (Å²) >= 11 is 0. The van der Waals surface area contributed by atoms with E-state index < -0.39 is 0 Å². The van der Waals surface area contributed by atoms with Crippen LogP contribution in [0.2, 0.25) is 0 Å². The first-order chi connectivity index (χ1) is 11.8. The van der Waals surface area contributed by atoms with Crippen LogP contribution in [0.3, 0.4) is 0 Å². The monoisotopic (exact) mass is 324 g/mol. The molecule has 0 aliphatic heterocycles. The van der Waals surface area contributed by atoms with Gasteiger partial charge in [0.25, 0.3) is 0 Å². The average molecular weight is 324 g/mol. The molecule has 3 rings (SSSR count). The molecule has 0 radical (unpaired) electrons. The van der Waals surface area contributed by atoms with Crippen molar-refractivity contribution < 1.29 is 14.1 Å². The highest BCUT2D eigenvalue weighted by Gasteiger charge is 2.14. The van der Waals surface area contributed by atoms with Crippen LogP contribution in [0.1, 0.15) is 12.3 Å². The van der Waals surface area contributed by atoms with E-state index in [0.29, 0.717) is 29.7 Å². The Labute approximate surface area is 138 Å². The van der Waals surface area contributed by atoms with E-state index in [1.807, 2.05) is 24.3 Å². The maximum atomic E-state index is 11.9. The van der Waals surface area contributed by atoms with Crippen molar-refractivity contribution in [1.29, 1.82) is 0 Å². The standard InChI is InChI=1S/C17H16N4O3/c1-23-13-7-3-2-6-12(13)17-20-16(24-21-17)10-9-15(22)19-14-8-4-5-11-18-14/h2-8,11H,9-10H2,1H3,(H,18,19,22). The number of benzene rings is 1. The molecule has 0 fully saturated rings. The molecule has 0 aliphatic carbocycles. The summed E-state index contributed by atoms with van der Waals surface area (Å²) in [5.41, 5.74) is 0.743. The fraction of sp³-hybridized carbons (Fsp3) is 0.176. The number of amides is 1. The molecule has 1 amide bonds. The Kier molecular flexibility index (Phi) is 4.81. The number of methoxy groups -OCH3 is 1. The molecule has 1 N–H and O–H groups in total. The summed E-state index contributed by atoms with van der Waals surface area (Å²) in [6, 6.07) is 12.7. The van der Waals surface area contributed by atoms with Gasteiger partial charge in [0.15, 0.2) is 0 Å². The topological polar surface area (TPSA) is 90.1 Å². The molecule has 2 heterocycles. The van der Waals surface area contributed by atoms with Gasteiger partial charge in [-0.1, -0.05) is 23.4 Å². The van der Waals surface area contributed by atoms with E-state index in [4.69, 9.17) is 9.26 Å². The molecule has 3 aromatic rings. The molecule has 0 spiro atoms. The molecule has 0 aliphatic rings. The van der Waals surface area contributed by atoms with Crippen molar-refractivity contribution in [3.63, 3.8) is 0 Å². The Morgan fingerprint density at radius 2 is 2.04 bits per heavy atom. The first kappa shape index (κ1) is 15.7. The van der Waals surface area contributed by atoms with E-state index in [1.54, 1.807) is 31.5 Å². The van der Waals surface area contributed by atoms with Crippen molar-refractivity contribution in [1.82, 2.24) is 15.1 Å². The van der Waals surface area contributed by atoms with Gasteiger partial charge in [-0.3, -0.25) is 4.79 Å². The lowest BCUT2D eigenvalue weighted by Gasteiger charge is -2.03. The first-order valence-electron chi connectivity index (χ1n) is 7.43. The number of ether oxygens (including phenoxy) is 1. The molecule has 0 bridgehead atoms. The van der Waals surface area contributed by atoms with Crippen LogP contribution in [-0.2, 0) is 11.2 Å². The maximum absolute atomic E-state index is 11.9. The fourth-order valence-electron chi connectivity index (χ4n) is 2.16. The largest absolute Gasteiger partial charge is 0.496 e. The number of hydrogen-bond acceptors (Lipinski definition) is 6.